The van der Waals surface area contributed by atoms with Crippen LogP contribution in [0.3, 0.4) is 0 Å². The van der Waals surface area contributed by atoms with Gasteiger partial charge in [0.25, 0.3) is 11.5 Å². The molecule has 0 aliphatic carbocycles. The normalized spacial score (nSPS) is 10.5. The summed E-state index contributed by atoms with van der Waals surface area (Å²) in [6.07, 6.45) is 1.22. The zero-order valence-corrected chi connectivity index (χ0v) is 10.8. The van der Waals surface area contributed by atoms with E-state index in [4.69, 9.17) is 0 Å². The van der Waals surface area contributed by atoms with Gasteiger partial charge in [-0.1, -0.05) is 18.2 Å². The highest BCUT2D eigenvalue weighted by Crippen LogP contribution is 2.05. The number of aromatic nitrogens is 2. The van der Waals surface area contributed by atoms with Crippen LogP contribution in [0.15, 0.2) is 59.7 Å². The lowest BCUT2D eigenvalue weighted by molar-refractivity contribution is 0.101. The van der Waals surface area contributed by atoms with Crippen LogP contribution in [-0.2, 0) is 0 Å². The van der Waals surface area contributed by atoms with Crippen LogP contribution in [-0.4, -0.2) is 15.6 Å². The van der Waals surface area contributed by atoms with Crippen molar-refractivity contribution in [2.24, 2.45) is 0 Å². The monoisotopic (exact) mass is 283 g/mol. The van der Waals surface area contributed by atoms with E-state index in [1.54, 1.807) is 24.3 Å². The molecule has 0 aliphatic rings. The Bertz CT molecular complexity index is 889. The van der Waals surface area contributed by atoms with Gasteiger partial charge in [-0.15, -0.1) is 0 Å². The zero-order chi connectivity index (χ0) is 14.8. The van der Waals surface area contributed by atoms with Crippen molar-refractivity contribution in [2.45, 2.75) is 0 Å². The van der Waals surface area contributed by atoms with E-state index in [-0.39, 0.29) is 5.56 Å². The smallest absolute Gasteiger partial charge is 0.267 e. The van der Waals surface area contributed by atoms with Crippen LogP contribution in [0.4, 0.5) is 4.39 Å². The van der Waals surface area contributed by atoms with Crippen LogP contribution in [0.25, 0.3) is 10.9 Å². The maximum Gasteiger partial charge on any atom is 0.280 e. The summed E-state index contributed by atoms with van der Waals surface area (Å²) in [5, 5.41) is 0.388. The van der Waals surface area contributed by atoms with Crippen LogP contribution >= 0.6 is 0 Å². The first-order valence-corrected chi connectivity index (χ1v) is 6.18. The van der Waals surface area contributed by atoms with Crippen molar-refractivity contribution in [1.29, 1.82) is 0 Å². The number of para-hydroxylation sites is 1. The Morgan fingerprint density at radius 2 is 1.95 bits per heavy atom. The second kappa shape index (κ2) is 5.16. The molecule has 6 heteroatoms. The summed E-state index contributed by atoms with van der Waals surface area (Å²) in [4.78, 5) is 28.3. The molecule has 5 nitrogen and oxygen atoms in total. The second-order valence-corrected chi connectivity index (χ2v) is 4.39. The van der Waals surface area contributed by atoms with Crippen molar-refractivity contribution >= 4 is 16.8 Å². The number of carbonyl (C=O) groups excluding carboxylic acids is 1. The van der Waals surface area contributed by atoms with Gasteiger partial charge in [0.15, 0.2) is 0 Å². The summed E-state index contributed by atoms with van der Waals surface area (Å²) in [5.74, 6) is -1.11. The van der Waals surface area contributed by atoms with E-state index in [9.17, 15) is 14.0 Å². The number of hydrogen-bond donors (Lipinski definition) is 1. The Morgan fingerprint density at radius 1 is 1.14 bits per heavy atom. The molecular formula is C15H10FN3O2. The fourth-order valence-corrected chi connectivity index (χ4v) is 1.95. The summed E-state index contributed by atoms with van der Waals surface area (Å²) in [5.41, 5.74) is 2.65. The van der Waals surface area contributed by atoms with E-state index in [1.165, 1.54) is 24.5 Å². The van der Waals surface area contributed by atoms with Crippen molar-refractivity contribution in [3.05, 3.63) is 76.6 Å². The van der Waals surface area contributed by atoms with Crippen LogP contribution in [0.2, 0.25) is 0 Å². The number of benzene rings is 2. The molecule has 0 saturated carbocycles. The third-order valence-electron chi connectivity index (χ3n) is 2.97. The first-order valence-electron chi connectivity index (χ1n) is 6.18. The largest absolute Gasteiger partial charge is 0.280 e. The Morgan fingerprint density at radius 3 is 2.76 bits per heavy atom. The maximum atomic E-state index is 13.1. The average Bonchev–Trinajstić information content (AvgIpc) is 2.50. The molecule has 104 valence electrons. The topological polar surface area (TPSA) is 64.0 Å². The molecule has 0 atom stereocenters. The molecule has 3 aromatic rings. The number of amides is 1. The lowest BCUT2D eigenvalue weighted by Gasteiger charge is -2.08. The molecule has 1 aromatic heterocycles. The standard InChI is InChI=1S/C15H10FN3O2/c16-11-5-3-4-10(8-11)14(20)18-19-9-17-13-7-2-1-6-12(13)15(19)21/h1-9H,(H,18,20). The van der Waals surface area contributed by atoms with Crippen molar-refractivity contribution < 1.29 is 9.18 Å². The van der Waals surface area contributed by atoms with Gasteiger partial charge in [0.05, 0.1) is 10.9 Å². The van der Waals surface area contributed by atoms with Crippen molar-refractivity contribution in [2.75, 3.05) is 5.43 Å². The van der Waals surface area contributed by atoms with E-state index < -0.39 is 17.3 Å². The maximum absolute atomic E-state index is 13.1. The molecule has 1 amide bonds. The Hall–Kier alpha value is -3.02. The van der Waals surface area contributed by atoms with Crippen molar-refractivity contribution in [3.8, 4) is 0 Å². The lowest BCUT2D eigenvalue weighted by atomic mass is 10.2. The molecule has 0 spiro atoms. The lowest BCUT2D eigenvalue weighted by Crippen LogP contribution is -2.33. The van der Waals surface area contributed by atoms with Gasteiger partial charge in [-0.05, 0) is 30.3 Å². The molecule has 2 aromatic carbocycles. The van der Waals surface area contributed by atoms with Crippen LogP contribution in [0.5, 0.6) is 0 Å². The summed E-state index contributed by atoms with van der Waals surface area (Å²) in [6, 6.07) is 12.0. The molecule has 0 saturated heterocycles. The molecular weight excluding hydrogens is 273 g/mol. The Kier molecular flexibility index (Phi) is 3.19. The molecule has 21 heavy (non-hydrogen) atoms. The number of rotatable bonds is 2. The van der Waals surface area contributed by atoms with Crippen LogP contribution < -0.4 is 11.0 Å². The summed E-state index contributed by atoms with van der Waals surface area (Å²) in [7, 11) is 0. The van der Waals surface area contributed by atoms with Gasteiger partial charge in [0.1, 0.15) is 12.1 Å². The minimum absolute atomic E-state index is 0.120. The fraction of sp³-hybridized carbons (Fsp3) is 0. The molecule has 0 fully saturated rings. The highest BCUT2D eigenvalue weighted by Gasteiger charge is 2.09. The number of fused-ring (bicyclic) bond motifs is 1. The van der Waals surface area contributed by atoms with E-state index in [1.807, 2.05) is 0 Å². The third-order valence-corrected chi connectivity index (χ3v) is 2.97. The van der Waals surface area contributed by atoms with Crippen LogP contribution in [0, 0.1) is 5.82 Å². The first kappa shape index (κ1) is 13.0. The van der Waals surface area contributed by atoms with Gasteiger partial charge < -0.3 is 0 Å². The quantitative estimate of drug-likeness (QED) is 0.781. The Labute approximate surface area is 118 Å². The Balaban J connectivity index is 1.97. The van der Waals surface area contributed by atoms with Crippen molar-refractivity contribution in [1.82, 2.24) is 9.66 Å². The van der Waals surface area contributed by atoms with E-state index >= 15 is 0 Å². The molecule has 0 aliphatic heterocycles. The fourth-order valence-electron chi connectivity index (χ4n) is 1.95. The van der Waals surface area contributed by atoms with E-state index in [0.717, 1.165) is 10.7 Å². The predicted octanol–water partition coefficient (Wildman–Crippen LogP) is 1.92. The third kappa shape index (κ3) is 2.51. The number of nitrogens with zero attached hydrogens (tertiary/aromatic N) is 2. The van der Waals surface area contributed by atoms with Gasteiger partial charge in [-0.3, -0.25) is 15.0 Å². The average molecular weight is 283 g/mol. The molecule has 0 unspecified atom stereocenters. The number of carbonyl (C=O) groups is 1. The molecule has 0 bridgehead atoms. The number of hydrogen-bond acceptors (Lipinski definition) is 3. The molecule has 1 heterocycles. The molecule has 3 rings (SSSR count). The predicted molar refractivity (Wildman–Crippen MR) is 76.1 cm³/mol. The highest BCUT2D eigenvalue weighted by molar-refractivity contribution is 6.00. The summed E-state index contributed by atoms with van der Waals surface area (Å²) >= 11 is 0. The van der Waals surface area contributed by atoms with Gasteiger partial charge in [-0.2, -0.15) is 0 Å². The van der Waals surface area contributed by atoms with Gasteiger partial charge in [0.2, 0.25) is 0 Å². The highest BCUT2D eigenvalue weighted by atomic mass is 19.1. The van der Waals surface area contributed by atoms with Crippen LogP contribution in [0.1, 0.15) is 10.4 Å². The van der Waals surface area contributed by atoms with Gasteiger partial charge in [0, 0.05) is 5.56 Å². The van der Waals surface area contributed by atoms with E-state index in [0.29, 0.717) is 10.9 Å². The summed E-state index contributed by atoms with van der Waals surface area (Å²) < 4.78 is 14.1. The minimum atomic E-state index is -0.589. The second-order valence-electron chi connectivity index (χ2n) is 4.39. The zero-order valence-electron chi connectivity index (χ0n) is 10.8. The SMILES string of the molecule is O=C(Nn1cnc2ccccc2c1=O)c1cccc(F)c1. The minimum Gasteiger partial charge on any atom is -0.267 e. The summed E-state index contributed by atoms with van der Waals surface area (Å²) in [6.45, 7) is 0. The van der Waals surface area contributed by atoms with E-state index in [2.05, 4.69) is 10.4 Å². The number of nitrogens with one attached hydrogen (secondary N) is 1. The first-order chi connectivity index (χ1) is 10.1. The van der Waals surface area contributed by atoms with Gasteiger partial charge in [-0.25, -0.2) is 14.1 Å². The molecule has 0 radical (unpaired) electrons. The molecule has 1 N–H and O–H groups in total. The van der Waals surface area contributed by atoms with Crippen molar-refractivity contribution in [3.63, 3.8) is 0 Å². The van der Waals surface area contributed by atoms with Gasteiger partial charge >= 0.3 is 0 Å². The number of halogens is 1.